The third-order valence-electron chi connectivity index (χ3n) is 6.00. The normalized spacial score (nSPS) is 13.2. The van der Waals surface area contributed by atoms with Crippen LogP contribution in [-0.2, 0) is 19.4 Å². The second-order valence-electron chi connectivity index (χ2n) is 8.50. The van der Waals surface area contributed by atoms with E-state index in [1.54, 1.807) is 17.6 Å². The lowest BCUT2D eigenvalue weighted by Crippen LogP contribution is -2.24. The summed E-state index contributed by atoms with van der Waals surface area (Å²) in [4.78, 5) is 19.2. The van der Waals surface area contributed by atoms with Crippen molar-refractivity contribution in [1.29, 1.82) is 0 Å². The number of nitrogens with zero attached hydrogens (tertiary/aromatic N) is 1. The van der Waals surface area contributed by atoms with Crippen molar-refractivity contribution in [2.24, 2.45) is 4.99 Å². The number of hydrogen-bond acceptors (Lipinski definition) is 4. The number of carbonyl (C=O) groups excluding carboxylic acids is 1. The van der Waals surface area contributed by atoms with E-state index in [2.05, 4.69) is 40.3 Å². The van der Waals surface area contributed by atoms with Crippen molar-refractivity contribution in [2.75, 3.05) is 0 Å². The predicted octanol–water partition coefficient (Wildman–Crippen LogP) is 7.64. The lowest BCUT2D eigenvalue weighted by molar-refractivity contribution is 0.0951. The van der Waals surface area contributed by atoms with Crippen molar-refractivity contribution in [3.63, 3.8) is 0 Å². The molecule has 0 bridgehead atoms. The van der Waals surface area contributed by atoms with E-state index in [1.807, 2.05) is 48.5 Å². The number of fused-ring (bicyclic) bond motifs is 1. The maximum atomic E-state index is 13.2. The number of carbonyl (C=O) groups is 1. The molecule has 6 heteroatoms. The van der Waals surface area contributed by atoms with Gasteiger partial charge in [0.2, 0.25) is 0 Å². The first-order chi connectivity index (χ1) is 16.6. The van der Waals surface area contributed by atoms with Gasteiger partial charge in [0.25, 0.3) is 5.91 Å². The van der Waals surface area contributed by atoms with Crippen LogP contribution in [0.5, 0.6) is 0 Å². The number of nitrogens with one attached hydrogen (secondary N) is 1. The Balaban J connectivity index is 1.40. The largest absolute Gasteiger partial charge is 0.455 e. The molecule has 2 aromatic carbocycles. The van der Waals surface area contributed by atoms with Gasteiger partial charge in [-0.25, -0.2) is 4.99 Å². The standard InChI is InChI=1S/C28H25BrN2O2S/c1-18-11-13-21(23(29)15-18)24-14-12-20(33-24)17-31-28-26(22-9-5-6-10-25(22)34-28)27(32)30-16-19-7-3-2-4-8-19/h2-4,7-8,11-15,17H,5-6,9-10,16H2,1H3,(H,30,32)/b31-17-. The summed E-state index contributed by atoms with van der Waals surface area (Å²) in [6.07, 6.45) is 5.94. The first-order valence-corrected chi connectivity index (χ1v) is 13.1. The molecule has 5 rings (SSSR count). The molecule has 0 atom stereocenters. The minimum Gasteiger partial charge on any atom is -0.455 e. The van der Waals surface area contributed by atoms with Crippen molar-refractivity contribution in [2.45, 2.75) is 39.2 Å². The average molecular weight is 533 g/mol. The Bertz CT molecular complexity index is 1350. The van der Waals surface area contributed by atoms with Gasteiger partial charge in [-0.2, -0.15) is 0 Å². The highest BCUT2D eigenvalue weighted by atomic mass is 79.9. The lowest BCUT2D eigenvalue weighted by atomic mass is 9.95. The maximum Gasteiger partial charge on any atom is 0.254 e. The first-order valence-electron chi connectivity index (χ1n) is 11.5. The Kier molecular flexibility index (Phi) is 6.79. The van der Waals surface area contributed by atoms with E-state index in [9.17, 15) is 4.79 Å². The summed E-state index contributed by atoms with van der Waals surface area (Å²) in [5, 5.41) is 3.85. The van der Waals surface area contributed by atoms with Gasteiger partial charge in [-0.05, 0) is 73.6 Å². The molecule has 1 amide bonds. The minimum atomic E-state index is -0.0564. The van der Waals surface area contributed by atoms with E-state index in [4.69, 9.17) is 9.41 Å². The maximum absolute atomic E-state index is 13.2. The molecule has 2 heterocycles. The molecule has 172 valence electrons. The summed E-state index contributed by atoms with van der Waals surface area (Å²) in [6.45, 7) is 2.56. The van der Waals surface area contributed by atoms with Crippen LogP contribution in [0.2, 0.25) is 0 Å². The molecule has 0 aliphatic heterocycles. The molecule has 4 nitrogen and oxygen atoms in total. The van der Waals surface area contributed by atoms with Crippen LogP contribution in [-0.4, -0.2) is 12.1 Å². The first kappa shape index (κ1) is 22.8. The number of hydrogen-bond donors (Lipinski definition) is 1. The summed E-state index contributed by atoms with van der Waals surface area (Å²) in [5.41, 5.74) is 5.15. The van der Waals surface area contributed by atoms with Crippen LogP contribution >= 0.6 is 27.3 Å². The topological polar surface area (TPSA) is 54.6 Å². The Morgan fingerprint density at radius 3 is 2.76 bits per heavy atom. The zero-order chi connectivity index (χ0) is 23.5. The zero-order valence-electron chi connectivity index (χ0n) is 18.9. The fourth-order valence-corrected chi connectivity index (χ4v) is 6.17. The Hall–Kier alpha value is -2.96. The quantitative estimate of drug-likeness (QED) is 0.259. The summed E-state index contributed by atoms with van der Waals surface area (Å²) in [5.74, 6) is 1.38. The summed E-state index contributed by atoms with van der Waals surface area (Å²) in [6, 6.07) is 20.0. The molecule has 0 saturated heterocycles. The number of rotatable bonds is 6. The monoisotopic (exact) mass is 532 g/mol. The molecule has 4 aromatic rings. The zero-order valence-corrected chi connectivity index (χ0v) is 21.3. The number of thiophene rings is 1. The fraction of sp³-hybridized carbons (Fsp3) is 0.214. The Labute approximate surface area is 211 Å². The van der Waals surface area contributed by atoms with E-state index >= 15 is 0 Å². The van der Waals surface area contributed by atoms with Crippen LogP contribution in [0.1, 0.15) is 50.5 Å². The molecule has 0 radical (unpaired) electrons. The predicted molar refractivity (Wildman–Crippen MR) is 142 cm³/mol. The fourth-order valence-electron chi connectivity index (χ4n) is 4.25. The van der Waals surface area contributed by atoms with Gasteiger partial charge in [-0.15, -0.1) is 11.3 Å². The van der Waals surface area contributed by atoms with Crippen LogP contribution in [0.3, 0.4) is 0 Å². The van der Waals surface area contributed by atoms with E-state index in [0.717, 1.165) is 63.2 Å². The third kappa shape index (κ3) is 4.93. The second kappa shape index (κ2) is 10.1. The Morgan fingerprint density at radius 2 is 1.94 bits per heavy atom. The number of aliphatic imine (C=N–C) groups is 1. The van der Waals surface area contributed by atoms with Gasteiger partial charge in [0.05, 0.1) is 11.8 Å². The molecule has 0 spiro atoms. The van der Waals surface area contributed by atoms with Crippen molar-refractivity contribution in [3.05, 3.63) is 98.0 Å². The van der Waals surface area contributed by atoms with Crippen molar-refractivity contribution in [1.82, 2.24) is 5.32 Å². The van der Waals surface area contributed by atoms with E-state index < -0.39 is 0 Å². The second-order valence-corrected chi connectivity index (χ2v) is 10.4. The van der Waals surface area contributed by atoms with Gasteiger partial charge in [-0.3, -0.25) is 4.79 Å². The summed E-state index contributed by atoms with van der Waals surface area (Å²) < 4.78 is 7.04. The SMILES string of the molecule is Cc1ccc(-c2ccc(/C=N\c3sc4c(c3C(=O)NCc3ccccc3)CCCC4)o2)c(Br)c1. The van der Waals surface area contributed by atoms with E-state index in [1.165, 1.54) is 10.4 Å². The highest BCUT2D eigenvalue weighted by Gasteiger charge is 2.25. The van der Waals surface area contributed by atoms with Gasteiger partial charge >= 0.3 is 0 Å². The van der Waals surface area contributed by atoms with Gasteiger partial charge < -0.3 is 9.73 Å². The molecule has 1 aliphatic rings. The van der Waals surface area contributed by atoms with Crippen LogP contribution in [0.4, 0.5) is 5.00 Å². The molecular formula is C28H25BrN2O2S. The summed E-state index contributed by atoms with van der Waals surface area (Å²) in [7, 11) is 0. The van der Waals surface area contributed by atoms with Gasteiger partial charge in [0.1, 0.15) is 16.5 Å². The molecule has 0 saturated carbocycles. The number of furan rings is 1. The van der Waals surface area contributed by atoms with Crippen molar-refractivity contribution < 1.29 is 9.21 Å². The van der Waals surface area contributed by atoms with Gasteiger partial charge in [-0.1, -0.05) is 52.3 Å². The van der Waals surface area contributed by atoms with Crippen LogP contribution in [0, 0.1) is 6.92 Å². The van der Waals surface area contributed by atoms with Crippen LogP contribution in [0.25, 0.3) is 11.3 Å². The van der Waals surface area contributed by atoms with Gasteiger partial charge in [0, 0.05) is 21.5 Å². The summed E-state index contributed by atoms with van der Waals surface area (Å²) >= 11 is 5.25. The number of aryl methyl sites for hydroxylation is 2. The lowest BCUT2D eigenvalue weighted by Gasteiger charge is -2.12. The van der Waals surface area contributed by atoms with E-state index in [-0.39, 0.29) is 5.91 Å². The molecule has 2 aromatic heterocycles. The molecule has 1 N–H and O–H groups in total. The number of amides is 1. The molecular weight excluding hydrogens is 508 g/mol. The third-order valence-corrected chi connectivity index (χ3v) is 7.86. The van der Waals surface area contributed by atoms with E-state index in [0.29, 0.717) is 12.3 Å². The van der Waals surface area contributed by atoms with Crippen LogP contribution < -0.4 is 5.32 Å². The minimum absolute atomic E-state index is 0.0564. The highest BCUT2D eigenvalue weighted by Crippen LogP contribution is 2.40. The highest BCUT2D eigenvalue weighted by molar-refractivity contribution is 9.10. The van der Waals surface area contributed by atoms with Gasteiger partial charge in [0.15, 0.2) is 0 Å². The van der Waals surface area contributed by atoms with Crippen LogP contribution in [0.15, 0.2) is 74.5 Å². The average Bonchev–Trinajstić information content (AvgIpc) is 3.46. The Morgan fingerprint density at radius 1 is 1.12 bits per heavy atom. The molecule has 0 unspecified atom stereocenters. The smallest absolute Gasteiger partial charge is 0.254 e. The molecule has 0 fully saturated rings. The molecule has 34 heavy (non-hydrogen) atoms. The van der Waals surface area contributed by atoms with Crippen molar-refractivity contribution in [3.8, 4) is 11.3 Å². The molecule has 1 aliphatic carbocycles. The number of benzene rings is 2. The number of halogens is 1. The van der Waals surface area contributed by atoms with Crippen molar-refractivity contribution >= 4 is 44.4 Å².